The minimum absolute atomic E-state index is 0.392. The molecule has 0 saturated carbocycles. The van der Waals surface area contributed by atoms with E-state index < -0.39 is 11.7 Å². The molecule has 6 heteroatoms. The molecule has 1 atom stereocenters. The number of pyridine rings is 1. The van der Waals surface area contributed by atoms with Gasteiger partial charge >= 0.3 is 6.18 Å². The van der Waals surface area contributed by atoms with Gasteiger partial charge in [-0.3, -0.25) is 0 Å². The number of likely N-dealkylation sites (N-methyl/N-ethyl adjacent to an activating group) is 1. The van der Waals surface area contributed by atoms with Crippen LogP contribution in [0.25, 0.3) is 0 Å². The molecule has 0 bridgehead atoms. The molecule has 0 aliphatic carbocycles. The van der Waals surface area contributed by atoms with Gasteiger partial charge in [0, 0.05) is 25.3 Å². The third-order valence-electron chi connectivity index (χ3n) is 3.31. The van der Waals surface area contributed by atoms with Crippen molar-refractivity contribution >= 4 is 5.82 Å². The maximum absolute atomic E-state index is 12.5. The van der Waals surface area contributed by atoms with Gasteiger partial charge in [-0.25, -0.2) is 4.98 Å². The van der Waals surface area contributed by atoms with Crippen molar-refractivity contribution in [2.45, 2.75) is 32.0 Å². The Labute approximate surface area is 110 Å². The Bertz CT molecular complexity index is 401. The summed E-state index contributed by atoms with van der Waals surface area (Å²) in [4.78, 5) is 5.98. The summed E-state index contributed by atoms with van der Waals surface area (Å²) >= 11 is 0. The molecule has 1 saturated heterocycles. The highest BCUT2D eigenvalue weighted by Crippen LogP contribution is 2.29. The van der Waals surface area contributed by atoms with E-state index in [4.69, 9.17) is 0 Å². The summed E-state index contributed by atoms with van der Waals surface area (Å²) in [6.07, 6.45) is -1.28. The SMILES string of the molecule is CCNC1CCCN(c2ccc(C(F)(F)F)cn2)C1. The van der Waals surface area contributed by atoms with Gasteiger partial charge in [-0.1, -0.05) is 6.92 Å². The quantitative estimate of drug-likeness (QED) is 0.917. The monoisotopic (exact) mass is 273 g/mol. The number of nitrogens with zero attached hydrogens (tertiary/aromatic N) is 2. The second-order valence-corrected chi connectivity index (χ2v) is 4.75. The molecular formula is C13H18F3N3. The van der Waals surface area contributed by atoms with Crippen LogP contribution < -0.4 is 10.2 Å². The van der Waals surface area contributed by atoms with Crippen molar-refractivity contribution in [3.8, 4) is 0 Å². The summed E-state index contributed by atoms with van der Waals surface area (Å²) < 4.78 is 37.4. The van der Waals surface area contributed by atoms with Crippen molar-refractivity contribution in [3.63, 3.8) is 0 Å². The number of aromatic nitrogens is 1. The van der Waals surface area contributed by atoms with Crippen LogP contribution in [0, 0.1) is 0 Å². The molecule has 1 N–H and O–H groups in total. The van der Waals surface area contributed by atoms with Crippen LogP contribution in [-0.4, -0.2) is 30.7 Å². The first-order valence-electron chi connectivity index (χ1n) is 6.52. The summed E-state index contributed by atoms with van der Waals surface area (Å²) in [5.74, 6) is 0.621. The number of hydrogen-bond donors (Lipinski definition) is 1. The predicted molar refractivity (Wildman–Crippen MR) is 68.2 cm³/mol. The van der Waals surface area contributed by atoms with Gasteiger partial charge in [-0.2, -0.15) is 13.2 Å². The third-order valence-corrected chi connectivity index (χ3v) is 3.31. The molecule has 1 fully saturated rings. The Kier molecular flexibility index (Phi) is 4.29. The van der Waals surface area contributed by atoms with E-state index in [1.165, 1.54) is 6.07 Å². The average molecular weight is 273 g/mol. The molecule has 1 aliphatic heterocycles. The van der Waals surface area contributed by atoms with Crippen LogP contribution in [0.5, 0.6) is 0 Å². The number of halogens is 3. The zero-order chi connectivity index (χ0) is 13.9. The molecule has 2 rings (SSSR count). The minimum Gasteiger partial charge on any atom is -0.355 e. The molecule has 1 aromatic rings. The van der Waals surface area contributed by atoms with E-state index in [1.54, 1.807) is 0 Å². The van der Waals surface area contributed by atoms with E-state index in [9.17, 15) is 13.2 Å². The normalized spacial score (nSPS) is 20.6. The maximum atomic E-state index is 12.5. The molecule has 19 heavy (non-hydrogen) atoms. The summed E-state index contributed by atoms with van der Waals surface area (Å²) in [5.41, 5.74) is -0.698. The first-order chi connectivity index (χ1) is 9.00. The number of hydrogen-bond acceptors (Lipinski definition) is 3. The van der Waals surface area contributed by atoms with Crippen molar-refractivity contribution < 1.29 is 13.2 Å². The second kappa shape index (κ2) is 5.77. The van der Waals surface area contributed by atoms with E-state index in [1.807, 2.05) is 4.90 Å². The summed E-state index contributed by atoms with van der Waals surface area (Å²) in [7, 11) is 0. The van der Waals surface area contributed by atoms with E-state index in [0.717, 1.165) is 44.7 Å². The molecule has 1 aliphatic rings. The number of rotatable bonds is 3. The molecule has 106 valence electrons. The molecular weight excluding hydrogens is 255 g/mol. The maximum Gasteiger partial charge on any atom is 0.417 e. The predicted octanol–water partition coefficient (Wildman–Crippen LogP) is 2.68. The Morgan fingerprint density at radius 3 is 2.79 bits per heavy atom. The van der Waals surface area contributed by atoms with Crippen LogP contribution in [0.2, 0.25) is 0 Å². The topological polar surface area (TPSA) is 28.2 Å². The summed E-state index contributed by atoms with van der Waals surface area (Å²) in [5, 5.41) is 3.37. The Morgan fingerprint density at radius 2 is 2.21 bits per heavy atom. The highest BCUT2D eigenvalue weighted by atomic mass is 19.4. The lowest BCUT2D eigenvalue weighted by molar-refractivity contribution is -0.137. The van der Waals surface area contributed by atoms with Crippen molar-refractivity contribution in [2.75, 3.05) is 24.5 Å². The molecule has 1 unspecified atom stereocenters. The van der Waals surface area contributed by atoms with Crippen molar-refractivity contribution in [3.05, 3.63) is 23.9 Å². The van der Waals surface area contributed by atoms with Gasteiger partial charge in [-0.15, -0.1) is 0 Å². The first kappa shape index (κ1) is 14.1. The fourth-order valence-electron chi connectivity index (χ4n) is 2.38. The Balaban J connectivity index is 2.05. The number of piperidine rings is 1. The lowest BCUT2D eigenvalue weighted by Gasteiger charge is -2.34. The van der Waals surface area contributed by atoms with E-state index >= 15 is 0 Å². The van der Waals surface area contributed by atoms with Gasteiger partial charge in [0.25, 0.3) is 0 Å². The lowest BCUT2D eigenvalue weighted by atomic mass is 10.1. The van der Waals surface area contributed by atoms with Gasteiger partial charge in [0.05, 0.1) is 5.56 Å². The van der Waals surface area contributed by atoms with Gasteiger partial charge in [-0.05, 0) is 31.5 Å². The molecule has 0 spiro atoms. The van der Waals surface area contributed by atoms with Crippen LogP contribution in [0.4, 0.5) is 19.0 Å². The zero-order valence-corrected chi connectivity index (χ0v) is 10.9. The van der Waals surface area contributed by atoms with Crippen LogP contribution >= 0.6 is 0 Å². The third kappa shape index (κ3) is 3.59. The van der Waals surface area contributed by atoms with Crippen LogP contribution in [0.15, 0.2) is 18.3 Å². The molecule has 2 heterocycles. The zero-order valence-electron chi connectivity index (χ0n) is 10.9. The largest absolute Gasteiger partial charge is 0.417 e. The number of alkyl halides is 3. The Hall–Kier alpha value is -1.30. The molecule has 0 amide bonds. The summed E-state index contributed by atoms with van der Waals surface area (Å²) in [6, 6.07) is 2.94. The van der Waals surface area contributed by atoms with Gasteiger partial charge in [0.15, 0.2) is 0 Å². The van der Waals surface area contributed by atoms with Crippen molar-refractivity contribution in [1.29, 1.82) is 0 Å². The summed E-state index contributed by atoms with van der Waals surface area (Å²) in [6.45, 7) is 4.60. The first-order valence-corrected chi connectivity index (χ1v) is 6.52. The number of nitrogens with one attached hydrogen (secondary N) is 1. The average Bonchev–Trinajstić information content (AvgIpc) is 2.39. The second-order valence-electron chi connectivity index (χ2n) is 4.75. The van der Waals surface area contributed by atoms with Gasteiger partial charge in [0.2, 0.25) is 0 Å². The van der Waals surface area contributed by atoms with Crippen molar-refractivity contribution in [2.24, 2.45) is 0 Å². The fraction of sp³-hybridized carbons (Fsp3) is 0.615. The molecule has 1 aromatic heterocycles. The highest BCUT2D eigenvalue weighted by Gasteiger charge is 2.31. The number of anilines is 1. The smallest absolute Gasteiger partial charge is 0.355 e. The van der Waals surface area contributed by atoms with Gasteiger partial charge < -0.3 is 10.2 Å². The van der Waals surface area contributed by atoms with Crippen LogP contribution in [-0.2, 0) is 6.18 Å². The van der Waals surface area contributed by atoms with Crippen LogP contribution in [0.3, 0.4) is 0 Å². The van der Waals surface area contributed by atoms with E-state index in [2.05, 4.69) is 17.2 Å². The minimum atomic E-state index is -4.32. The van der Waals surface area contributed by atoms with E-state index in [0.29, 0.717) is 11.9 Å². The fourth-order valence-corrected chi connectivity index (χ4v) is 2.38. The molecule has 3 nitrogen and oxygen atoms in total. The highest BCUT2D eigenvalue weighted by molar-refractivity contribution is 5.40. The standard InChI is InChI=1S/C13H18F3N3/c1-2-17-11-4-3-7-19(9-11)12-6-5-10(8-18-12)13(14,15)16/h5-6,8,11,17H,2-4,7,9H2,1H3. The lowest BCUT2D eigenvalue weighted by Crippen LogP contribution is -2.46. The van der Waals surface area contributed by atoms with Gasteiger partial charge in [0.1, 0.15) is 5.82 Å². The van der Waals surface area contributed by atoms with E-state index in [-0.39, 0.29) is 0 Å². The molecule has 0 radical (unpaired) electrons. The molecule has 0 aromatic carbocycles. The Morgan fingerprint density at radius 1 is 1.42 bits per heavy atom. The van der Waals surface area contributed by atoms with Crippen molar-refractivity contribution in [1.82, 2.24) is 10.3 Å². The van der Waals surface area contributed by atoms with Crippen LogP contribution in [0.1, 0.15) is 25.3 Å².